The maximum absolute atomic E-state index is 8.76. The Hall–Kier alpha value is -1.43. The minimum atomic E-state index is 0.329. The molecule has 0 saturated heterocycles. The third-order valence-corrected chi connectivity index (χ3v) is 2.07. The predicted octanol–water partition coefficient (Wildman–Crippen LogP) is 4.50. The standard InChI is InChI=1S/2C7H8O.H3NP2/c2*1-6-2-4-7(8)5-3-6;2-1-3/h2*2-5,8H,1H3;2H,3H2. The van der Waals surface area contributed by atoms with Crippen LogP contribution in [0.25, 0.3) is 0 Å². The molecule has 102 valence electrons. The van der Waals surface area contributed by atoms with Crippen LogP contribution < -0.4 is 0 Å². The summed E-state index contributed by atoms with van der Waals surface area (Å²) >= 11 is 0. The van der Waals surface area contributed by atoms with Crippen molar-refractivity contribution in [2.75, 3.05) is 0 Å². The highest BCUT2D eigenvalue weighted by Crippen LogP contribution is 2.08. The van der Waals surface area contributed by atoms with Crippen LogP contribution in [-0.2, 0) is 0 Å². The van der Waals surface area contributed by atoms with Crippen molar-refractivity contribution < 1.29 is 10.2 Å². The van der Waals surface area contributed by atoms with Crippen LogP contribution in [0.3, 0.4) is 0 Å². The molecule has 5 heteroatoms. The quantitative estimate of drug-likeness (QED) is 0.703. The van der Waals surface area contributed by atoms with Crippen molar-refractivity contribution in [1.82, 2.24) is 0 Å². The number of aromatic hydroxyl groups is 2. The summed E-state index contributed by atoms with van der Waals surface area (Å²) in [6.07, 6.45) is 0. The van der Waals surface area contributed by atoms with Gasteiger partial charge in [0.2, 0.25) is 0 Å². The molecule has 1 atom stereocenters. The molecule has 0 amide bonds. The Morgan fingerprint density at radius 2 is 1.00 bits per heavy atom. The summed E-state index contributed by atoms with van der Waals surface area (Å²) in [6, 6.07) is 14.2. The fourth-order valence-corrected chi connectivity index (χ4v) is 1.09. The molecule has 1 unspecified atom stereocenters. The highest BCUT2D eigenvalue weighted by molar-refractivity contribution is 7.23. The summed E-state index contributed by atoms with van der Waals surface area (Å²) in [5.41, 5.74) is 2.34. The molecular weight excluding hydrogens is 276 g/mol. The van der Waals surface area contributed by atoms with E-state index in [0.29, 0.717) is 11.5 Å². The Morgan fingerprint density at radius 3 is 1.16 bits per heavy atom. The van der Waals surface area contributed by atoms with Gasteiger partial charge in [-0.3, -0.25) is 4.52 Å². The van der Waals surface area contributed by atoms with Gasteiger partial charge < -0.3 is 10.2 Å². The van der Waals surface area contributed by atoms with Crippen LogP contribution in [0.5, 0.6) is 11.5 Å². The van der Waals surface area contributed by atoms with Crippen LogP contribution in [0.15, 0.2) is 53.0 Å². The van der Waals surface area contributed by atoms with Gasteiger partial charge in [-0.05, 0) is 56.5 Å². The first-order chi connectivity index (χ1) is 8.99. The molecule has 0 radical (unpaired) electrons. The van der Waals surface area contributed by atoms with Gasteiger partial charge in [0.05, 0.1) is 0 Å². The molecule has 0 fully saturated rings. The molecule has 0 spiro atoms. The first kappa shape index (κ1) is 17.6. The van der Waals surface area contributed by atoms with Gasteiger partial charge in [-0.1, -0.05) is 35.4 Å². The van der Waals surface area contributed by atoms with Gasteiger partial charge in [-0.2, -0.15) is 0 Å². The van der Waals surface area contributed by atoms with Crippen molar-refractivity contribution in [3.63, 3.8) is 0 Å². The Morgan fingerprint density at radius 1 is 0.789 bits per heavy atom. The fraction of sp³-hybridized carbons (Fsp3) is 0.143. The van der Waals surface area contributed by atoms with E-state index in [2.05, 4.69) is 22.9 Å². The Bertz CT molecular complexity index is 384. The number of rotatable bonds is 0. The molecule has 2 aromatic rings. The van der Waals surface area contributed by atoms with Crippen LogP contribution in [0, 0.1) is 13.8 Å². The summed E-state index contributed by atoms with van der Waals surface area (Å²) in [5.74, 6) is 0.659. The lowest BCUT2D eigenvalue weighted by Gasteiger charge is -1.89. The lowest BCUT2D eigenvalue weighted by molar-refractivity contribution is 0.474. The van der Waals surface area contributed by atoms with Crippen molar-refractivity contribution in [3.05, 3.63) is 59.7 Å². The van der Waals surface area contributed by atoms with Gasteiger partial charge in [-0.25, -0.2) is 0 Å². The highest BCUT2D eigenvalue weighted by Gasteiger charge is 1.82. The zero-order valence-corrected chi connectivity index (χ0v) is 13.2. The third-order valence-electron chi connectivity index (χ3n) is 2.07. The van der Waals surface area contributed by atoms with Crippen molar-refractivity contribution in [2.24, 2.45) is 4.52 Å². The average molecular weight is 295 g/mol. The molecule has 0 aliphatic heterocycles. The molecule has 0 aliphatic rings. The van der Waals surface area contributed by atoms with Crippen molar-refractivity contribution >= 4 is 18.4 Å². The Kier molecular flexibility index (Phi) is 9.70. The Labute approximate surface area is 118 Å². The van der Waals surface area contributed by atoms with E-state index >= 15 is 0 Å². The summed E-state index contributed by atoms with van der Waals surface area (Å²) in [4.78, 5) is 0. The number of benzene rings is 2. The molecule has 2 rings (SSSR count). The zero-order chi connectivity index (χ0) is 14.7. The van der Waals surface area contributed by atoms with E-state index in [9.17, 15) is 0 Å². The smallest absolute Gasteiger partial charge is 0.115 e. The van der Waals surface area contributed by atoms with E-state index in [4.69, 9.17) is 10.2 Å². The van der Waals surface area contributed by atoms with Crippen molar-refractivity contribution in [3.8, 4) is 11.5 Å². The lowest BCUT2D eigenvalue weighted by atomic mass is 10.2. The normalized spacial score (nSPS) is 8.37. The van der Waals surface area contributed by atoms with E-state index in [1.54, 1.807) is 24.3 Å². The van der Waals surface area contributed by atoms with Gasteiger partial charge in [0.15, 0.2) is 0 Å². The molecule has 2 N–H and O–H groups in total. The number of phenolic OH excluding ortho intramolecular Hbond substituents is 2. The maximum Gasteiger partial charge on any atom is 0.115 e. The largest absolute Gasteiger partial charge is 0.508 e. The predicted molar refractivity (Wildman–Crippen MR) is 86.1 cm³/mol. The zero-order valence-electron chi connectivity index (χ0n) is 11.0. The summed E-state index contributed by atoms with van der Waals surface area (Å²) in [7, 11) is 4.89. The molecule has 0 heterocycles. The fourth-order valence-electron chi connectivity index (χ4n) is 1.09. The van der Waals surface area contributed by atoms with Crippen LogP contribution in [0.4, 0.5) is 0 Å². The highest BCUT2D eigenvalue weighted by atomic mass is 31.1. The van der Waals surface area contributed by atoms with Crippen LogP contribution >= 0.6 is 18.4 Å². The van der Waals surface area contributed by atoms with E-state index in [1.807, 2.05) is 38.1 Å². The monoisotopic (exact) mass is 295 g/mol. The molecule has 3 nitrogen and oxygen atoms in total. The number of nitrogens with zero attached hydrogens (tertiary/aromatic N) is 1. The van der Waals surface area contributed by atoms with E-state index in [-0.39, 0.29) is 0 Å². The van der Waals surface area contributed by atoms with Gasteiger partial charge in [0.1, 0.15) is 11.5 Å². The molecule has 2 aromatic carbocycles. The average Bonchev–Trinajstić information content (AvgIpc) is 2.38. The number of hydrogen-bond donors (Lipinski definition) is 2. The van der Waals surface area contributed by atoms with Gasteiger partial charge in [-0.15, -0.1) is 0 Å². The lowest BCUT2D eigenvalue weighted by Crippen LogP contribution is -1.66. The van der Waals surface area contributed by atoms with Crippen molar-refractivity contribution in [2.45, 2.75) is 13.8 Å². The number of aryl methyl sites for hydroxylation is 2. The first-order valence-corrected chi connectivity index (χ1v) is 6.54. The van der Waals surface area contributed by atoms with Crippen LogP contribution in [0.2, 0.25) is 0 Å². The van der Waals surface area contributed by atoms with E-state index < -0.39 is 0 Å². The second-order valence-corrected chi connectivity index (χ2v) is 4.83. The number of hydrogen-bond acceptors (Lipinski definition) is 3. The molecule has 19 heavy (non-hydrogen) atoms. The second kappa shape index (κ2) is 10.5. The summed E-state index contributed by atoms with van der Waals surface area (Å²) in [5, 5.41) is 17.5. The molecule has 0 aliphatic carbocycles. The second-order valence-electron chi connectivity index (χ2n) is 3.80. The van der Waals surface area contributed by atoms with Gasteiger partial charge in [0, 0.05) is 0 Å². The SMILES string of the molecule is Cc1ccc(O)cc1.Cc1ccc(O)cc1.P=NP. The summed E-state index contributed by atoms with van der Waals surface area (Å²) in [6.45, 7) is 3.97. The van der Waals surface area contributed by atoms with Gasteiger partial charge >= 0.3 is 0 Å². The van der Waals surface area contributed by atoms with Crippen molar-refractivity contribution in [1.29, 1.82) is 0 Å². The molecule has 0 aromatic heterocycles. The van der Waals surface area contributed by atoms with Gasteiger partial charge in [0.25, 0.3) is 0 Å². The molecular formula is C14H19NO2P2. The molecule has 0 saturated carbocycles. The Balaban J connectivity index is 0.000000284. The third kappa shape index (κ3) is 10.2. The minimum Gasteiger partial charge on any atom is -0.508 e. The van der Waals surface area contributed by atoms with Crippen LogP contribution in [-0.4, -0.2) is 10.2 Å². The molecule has 0 bridgehead atoms. The topological polar surface area (TPSA) is 52.8 Å². The van der Waals surface area contributed by atoms with E-state index in [0.717, 1.165) is 0 Å². The van der Waals surface area contributed by atoms with Crippen LogP contribution in [0.1, 0.15) is 11.1 Å². The first-order valence-electron chi connectivity index (χ1n) is 5.57. The number of phenols is 2. The van der Waals surface area contributed by atoms with E-state index in [1.165, 1.54) is 11.1 Å². The summed E-state index contributed by atoms with van der Waals surface area (Å²) < 4.78 is 3.22. The maximum atomic E-state index is 8.76. The minimum absolute atomic E-state index is 0.329.